The van der Waals surface area contributed by atoms with E-state index >= 15 is 0 Å². The summed E-state index contributed by atoms with van der Waals surface area (Å²) < 4.78 is 85.4. The average molecular weight is 659 g/mol. The van der Waals surface area contributed by atoms with E-state index in [2.05, 4.69) is 94.1 Å². The number of hydrogen-bond acceptors (Lipinski definition) is 0. The molecule has 3 nitrogen and oxygen atoms in total. The lowest BCUT2D eigenvalue weighted by Crippen LogP contribution is -2.01. The van der Waals surface area contributed by atoms with E-state index in [-0.39, 0.29) is 16.8 Å². The maximum atomic E-state index is 9.42. The van der Waals surface area contributed by atoms with E-state index in [0.717, 1.165) is 65.8 Å². The summed E-state index contributed by atoms with van der Waals surface area (Å²) in [6.07, 6.45) is 0. The third-order valence-corrected chi connectivity index (χ3v) is 10.00. The largest absolute Gasteiger partial charge is 0.309 e. The lowest BCUT2D eigenvalue weighted by Gasteiger charge is -2.15. The second-order valence-corrected chi connectivity index (χ2v) is 12.6. The van der Waals surface area contributed by atoms with Crippen molar-refractivity contribution in [3.05, 3.63) is 188 Å². The summed E-state index contributed by atoms with van der Waals surface area (Å²) in [6.45, 7) is 0. The molecule has 8 aromatic carbocycles. The zero-order valence-corrected chi connectivity index (χ0v) is 27.0. The molecule has 0 saturated heterocycles. The molecule has 0 fully saturated rings. The van der Waals surface area contributed by atoms with Crippen LogP contribution in [0.1, 0.15) is 12.3 Å². The highest BCUT2D eigenvalue weighted by Crippen LogP contribution is 2.43. The van der Waals surface area contributed by atoms with Gasteiger partial charge in [0.25, 0.3) is 0 Å². The summed E-state index contributed by atoms with van der Waals surface area (Å²) in [7, 11) is 0. The number of hydrogen-bond donors (Lipinski definition) is 0. The monoisotopic (exact) mass is 658 g/mol. The zero-order chi connectivity index (χ0) is 41.3. The highest BCUT2D eigenvalue weighted by atomic mass is 15.1. The molecule has 0 unspecified atom stereocenters. The molecule has 0 radical (unpaired) electrons. The molecule has 0 spiro atoms. The molecule has 3 heterocycles. The Kier molecular flexibility index (Phi) is 4.38. The summed E-state index contributed by atoms with van der Waals surface area (Å²) in [4.78, 5) is 0. The van der Waals surface area contributed by atoms with Gasteiger partial charge in [0, 0.05) is 38.0 Å². The first kappa shape index (κ1) is 20.6. The molecule has 0 aliphatic heterocycles. The Balaban J connectivity index is 1.25. The smallest absolute Gasteiger partial charge is 0.0782 e. The van der Waals surface area contributed by atoms with Crippen LogP contribution >= 0.6 is 0 Å². The van der Waals surface area contributed by atoms with Gasteiger partial charge in [-0.1, -0.05) is 133 Å². The van der Waals surface area contributed by atoms with Crippen LogP contribution in [0.3, 0.4) is 0 Å². The van der Waals surface area contributed by atoms with Crippen molar-refractivity contribution in [1.29, 1.82) is 0 Å². The van der Waals surface area contributed by atoms with Crippen LogP contribution in [0, 0.1) is 0 Å². The highest BCUT2D eigenvalue weighted by molar-refractivity contribution is 6.18. The fraction of sp³-hybridized carbons (Fsp3) is 0. The highest BCUT2D eigenvalue weighted by Gasteiger charge is 2.22. The van der Waals surface area contributed by atoms with Crippen LogP contribution in [0.2, 0.25) is 0 Å². The molecule has 0 N–H and O–H groups in total. The van der Waals surface area contributed by atoms with Gasteiger partial charge in [0.1, 0.15) is 0 Å². The van der Waals surface area contributed by atoms with Crippen molar-refractivity contribution >= 4 is 65.4 Å². The van der Waals surface area contributed by atoms with Gasteiger partial charge < -0.3 is 13.7 Å². The predicted octanol–water partition coefficient (Wildman–Crippen LogP) is 12.6. The molecular formula is C48H31N3. The lowest BCUT2D eigenvalue weighted by molar-refractivity contribution is 1.14. The van der Waals surface area contributed by atoms with Gasteiger partial charge in [-0.05, 0) is 65.7 Å². The van der Waals surface area contributed by atoms with E-state index in [1.165, 1.54) is 0 Å². The molecule has 0 saturated carbocycles. The number of nitrogens with zero attached hydrogens (tertiary/aromatic N) is 3. The molecule has 0 amide bonds. The Morgan fingerprint density at radius 2 is 0.804 bits per heavy atom. The number of fused-ring (bicyclic) bond motifs is 9. The van der Waals surface area contributed by atoms with Crippen LogP contribution in [0.4, 0.5) is 0 Å². The van der Waals surface area contributed by atoms with Crippen molar-refractivity contribution < 1.29 is 12.3 Å². The second-order valence-electron chi connectivity index (χ2n) is 12.6. The molecule has 0 bridgehead atoms. The summed E-state index contributed by atoms with van der Waals surface area (Å²) in [6, 6.07) is 40.3. The average Bonchev–Trinajstić information content (AvgIpc) is 3.92. The number of benzene rings is 8. The SMILES string of the molecule is [2H]c1c([2H])c([2H])c(-c2c([2H])c([2H])c(-n3c4ccccc4c4c(-n5c6ccccc6c6cccc(-n7c8ccccc8c8ccccc87)c65)cccc43)c([2H])c2[2H])c([2H])c1[2H]. The molecule has 51 heavy (non-hydrogen) atoms. The molecule has 3 heteroatoms. The summed E-state index contributed by atoms with van der Waals surface area (Å²) >= 11 is 0. The molecule has 11 rings (SSSR count). The standard InChI is InChI=1S/C48H31N3/c1-2-14-32(15-3-1)33-28-30-34(31-29-33)49-43-24-11-7-19-39(43)47-44(49)25-13-26-45(47)51-42-23-10-6-18-37(42)38-20-12-27-46(48(38)51)50-40-21-8-4-16-35(40)36-17-5-9-22-41(36)50/h1-31H/i1D,2D,3D,14D,15D,28D,29D,30D,31D. The van der Waals surface area contributed by atoms with E-state index < -0.39 is 54.4 Å². The van der Waals surface area contributed by atoms with Crippen molar-refractivity contribution in [2.45, 2.75) is 0 Å². The summed E-state index contributed by atoms with van der Waals surface area (Å²) in [5.41, 5.74) is 6.52. The van der Waals surface area contributed by atoms with E-state index in [1.54, 1.807) is 4.57 Å². The fourth-order valence-corrected chi connectivity index (χ4v) is 7.96. The predicted molar refractivity (Wildman–Crippen MR) is 215 cm³/mol. The third-order valence-electron chi connectivity index (χ3n) is 10.00. The van der Waals surface area contributed by atoms with Crippen LogP contribution in [0.5, 0.6) is 0 Å². The van der Waals surface area contributed by atoms with E-state index in [9.17, 15) is 5.48 Å². The van der Waals surface area contributed by atoms with Crippen LogP contribution in [0.15, 0.2) is 188 Å². The number of rotatable bonds is 4. The molecule has 238 valence electrons. The Hall–Kier alpha value is -6.84. The molecule has 0 aliphatic carbocycles. The Bertz CT molecular complexity index is 3560. The van der Waals surface area contributed by atoms with Gasteiger partial charge in [0.05, 0.1) is 56.8 Å². The minimum atomic E-state index is -0.617. The first-order valence-corrected chi connectivity index (χ1v) is 16.8. The van der Waals surface area contributed by atoms with Crippen LogP contribution in [-0.4, -0.2) is 13.7 Å². The number of para-hydroxylation sites is 5. The topological polar surface area (TPSA) is 14.8 Å². The molecule has 0 aliphatic rings. The fourth-order valence-electron chi connectivity index (χ4n) is 7.96. The maximum absolute atomic E-state index is 9.42. The Morgan fingerprint density at radius 3 is 1.47 bits per heavy atom. The third kappa shape index (κ3) is 4.00. The van der Waals surface area contributed by atoms with Crippen LogP contribution in [0.25, 0.3) is 93.6 Å². The minimum Gasteiger partial charge on any atom is -0.309 e. The van der Waals surface area contributed by atoms with E-state index in [4.69, 9.17) is 6.85 Å². The van der Waals surface area contributed by atoms with Gasteiger partial charge in [-0.25, -0.2) is 0 Å². The van der Waals surface area contributed by atoms with Crippen molar-refractivity contribution in [3.63, 3.8) is 0 Å². The lowest BCUT2D eigenvalue weighted by atomic mass is 10.1. The maximum Gasteiger partial charge on any atom is 0.0782 e. The van der Waals surface area contributed by atoms with Crippen LogP contribution in [-0.2, 0) is 0 Å². The van der Waals surface area contributed by atoms with Gasteiger partial charge in [0.15, 0.2) is 0 Å². The molecular weight excluding hydrogens is 619 g/mol. The van der Waals surface area contributed by atoms with Crippen LogP contribution < -0.4 is 0 Å². The normalized spacial score (nSPS) is 14.4. The van der Waals surface area contributed by atoms with E-state index in [0.29, 0.717) is 11.0 Å². The Labute approximate surface area is 307 Å². The quantitative estimate of drug-likeness (QED) is 0.179. The van der Waals surface area contributed by atoms with Crippen molar-refractivity contribution in [2.75, 3.05) is 0 Å². The van der Waals surface area contributed by atoms with Crippen molar-refractivity contribution in [1.82, 2.24) is 13.7 Å². The zero-order valence-electron chi connectivity index (χ0n) is 36.0. The molecule has 0 atom stereocenters. The minimum absolute atomic E-state index is 0.0161. The summed E-state index contributed by atoms with van der Waals surface area (Å²) in [5, 5.41) is 6.09. The van der Waals surface area contributed by atoms with Gasteiger partial charge in [0.2, 0.25) is 0 Å². The van der Waals surface area contributed by atoms with Gasteiger partial charge in [-0.2, -0.15) is 0 Å². The molecule has 3 aromatic heterocycles. The van der Waals surface area contributed by atoms with Gasteiger partial charge in [-0.3, -0.25) is 0 Å². The van der Waals surface area contributed by atoms with Gasteiger partial charge >= 0.3 is 0 Å². The summed E-state index contributed by atoms with van der Waals surface area (Å²) in [5.74, 6) is 0. The van der Waals surface area contributed by atoms with Crippen molar-refractivity contribution in [3.8, 4) is 28.2 Å². The van der Waals surface area contributed by atoms with Gasteiger partial charge in [-0.15, -0.1) is 0 Å². The first-order chi connectivity index (χ1) is 29.1. The molecule has 11 aromatic rings. The first-order valence-electron chi connectivity index (χ1n) is 21.3. The second kappa shape index (κ2) is 10.8. The Morgan fingerprint density at radius 1 is 0.333 bits per heavy atom. The number of aromatic nitrogens is 3. The van der Waals surface area contributed by atoms with Crippen molar-refractivity contribution in [2.24, 2.45) is 0 Å². The van der Waals surface area contributed by atoms with E-state index in [1.807, 2.05) is 48.5 Å².